The van der Waals surface area contributed by atoms with Crippen LogP contribution in [-0.4, -0.2) is 16.3 Å². The molecule has 0 aliphatic heterocycles. The van der Waals surface area contributed by atoms with E-state index in [0.717, 1.165) is 19.4 Å². The van der Waals surface area contributed by atoms with Crippen LogP contribution in [0.25, 0.3) is 0 Å². The Morgan fingerprint density at radius 1 is 1.53 bits per heavy atom. The van der Waals surface area contributed by atoms with Gasteiger partial charge in [-0.15, -0.1) is 11.3 Å². The third kappa shape index (κ3) is 3.91. The highest BCUT2D eigenvalue weighted by atomic mass is 79.9. The van der Waals surface area contributed by atoms with Crippen LogP contribution in [0.5, 0.6) is 0 Å². The third-order valence-corrected chi connectivity index (χ3v) is 5.31. The monoisotopic (exact) mass is 341 g/mol. The van der Waals surface area contributed by atoms with Gasteiger partial charge in [0.1, 0.15) is 0 Å². The van der Waals surface area contributed by atoms with Crippen LogP contribution in [0.4, 0.5) is 0 Å². The molecule has 1 atom stereocenters. The van der Waals surface area contributed by atoms with Crippen molar-refractivity contribution in [1.29, 1.82) is 0 Å². The average Bonchev–Trinajstić information content (AvgIpc) is 2.92. The standard InChI is InChI=1S/C14H20BrN3S/c1-4-5-16-12(7-11-8-17-18(3)9-11)13-6-10(2)14(15)19-13/h6,8-9,12,16H,4-5,7H2,1-3H3. The van der Waals surface area contributed by atoms with Crippen molar-refractivity contribution >= 4 is 27.3 Å². The Kier molecular flexibility index (Phi) is 5.19. The van der Waals surface area contributed by atoms with Crippen LogP contribution in [-0.2, 0) is 13.5 Å². The molecule has 0 spiro atoms. The molecule has 0 saturated heterocycles. The number of thiophene rings is 1. The van der Waals surface area contributed by atoms with E-state index >= 15 is 0 Å². The molecule has 0 radical (unpaired) electrons. The average molecular weight is 342 g/mol. The van der Waals surface area contributed by atoms with Crippen LogP contribution in [0, 0.1) is 6.92 Å². The predicted octanol–water partition coefficient (Wildman–Crippen LogP) is 3.84. The summed E-state index contributed by atoms with van der Waals surface area (Å²) in [5.74, 6) is 0. The van der Waals surface area contributed by atoms with E-state index in [2.05, 4.69) is 52.5 Å². The van der Waals surface area contributed by atoms with Crippen LogP contribution in [0.15, 0.2) is 22.2 Å². The van der Waals surface area contributed by atoms with Gasteiger partial charge in [0.2, 0.25) is 0 Å². The molecule has 2 aromatic rings. The molecule has 19 heavy (non-hydrogen) atoms. The van der Waals surface area contributed by atoms with Crippen molar-refractivity contribution in [3.63, 3.8) is 0 Å². The highest BCUT2D eigenvalue weighted by molar-refractivity contribution is 9.11. The summed E-state index contributed by atoms with van der Waals surface area (Å²) >= 11 is 5.44. The van der Waals surface area contributed by atoms with E-state index < -0.39 is 0 Å². The second kappa shape index (κ2) is 6.68. The molecular formula is C14H20BrN3S. The molecule has 3 nitrogen and oxygen atoms in total. The van der Waals surface area contributed by atoms with E-state index in [1.54, 1.807) is 0 Å². The molecule has 0 amide bonds. The minimum Gasteiger partial charge on any atom is -0.309 e. The van der Waals surface area contributed by atoms with E-state index in [-0.39, 0.29) is 0 Å². The van der Waals surface area contributed by atoms with Crippen molar-refractivity contribution in [2.24, 2.45) is 7.05 Å². The van der Waals surface area contributed by atoms with Gasteiger partial charge in [-0.3, -0.25) is 4.68 Å². The number of aromatic nitrogens is 2. The van der Waals surface area contributed by atoms with Crippen LogP contribution < -0.4 is 5.32 Å². The molecule has 2 heterocycles. The van der Waals surface area contributed by atoms with Gasteiger partial charge in [0.05, 0.1) is 9.98 Å². The zero-order valence-corrected chi connectivity index (χ0v) is 14.0. The number of hydrogen-bond acceptors (Lipinski definition) is 3. The van der Waals surface area contributed by atoms with Crippen LogP contribution in [0.2, 0.25) is 0 Å². The van der Waals surface area contributed by atoms with Crippen molar-refractivity contribution in [2.75, 3.05) is 6.54 Å². The highest BCUT2D eigenvalue weighted by Crippen LogP contribution is 2.32. The maximum absolute atomic E-state index is 4.25. The van der Waals surface area contributed by atoms with Gasteiger partial charge >= 0.3 is 0 Å². The Labute approximate surface area is 127 Å². The molecule has 0 aliphatic carbocycles. The van der Waals surface area contributed by atoms with Crippen LogP contribution in [0.3, 0.4) is 0 Å². The number of rotatable bonds is 6. The SMILES string of the molecule is CCCNC(Cc1cnn(C)c1)c1cc(C)c(Br)s1. The summed E-state index contributed by atoms with van der Waals surface area (Å²) in [6.45, 7) is 5.38. The minimum atomic E-state index is 0.374. The first kappa shape index (κ1) is 14.8. The normalized spacial score (nSPS) is 12.8. The summed E-state index contributed by atoms with van der Waals surface area (Å²) in [7, 11) is 1.96. The molecule has 2 aromatic heterocycles. The number of aryl methyl sites for hydroxylation is 2. The van der Waals surface area contributed by atoms with E-state index in [1.807, 2.05) is 29.3 Å². The van der Waals surface area contributed by atoms with Crippen molar-refractivity contribution in [3.05, 3.63) is 38.3 Å². The molecule has 2 rings (SSSR count). The largest absolute Gasteiger partial charge is 0.309 e. The molecule has 0 fully saturated rings. The molecule has 0 aliphatic rings. The lowest BCUT2D eigenvalue weighted by atomic mass is 10.1. The van der Waals surface area contributed by atoms with Gasteiger partial charge in [-0.25, -0.2) is 0 Å². The quantitative estimate of drug-likeness (QED) is 0.865. The first-order valence-electron chi connectivity index (χ1n) is 6.57. The van der Waals surface area contributed by atoms with Gasteiger partial charge in [0.15, 0.2) is 0 Å². The van der Waals surface area contributed by atoms with Crippen molar-refractivity contribution < 1.29 is 0 Å². The lowest BCUT2D eigenvalue weighted by Gasteiger charge is -2.16. The second-order valence-corrected chi connectivity index (χ2v) is 7.24. The smallest absolute Gasteiger partial charge is 0.0731 e. The van der Waals surface area contributed by atoms with Gasteiger partial charge in [-0.05, 0) is 59.4 Å². The lowest BCUT2D eigenvalue weighted by molar-refractivity contribution is 0.536. The molecule has 104 valence electrons. The first-order valence-corrected chi connectivity index (χ1v) is 8.17. The topological polar surface area (TPSA) is 29.9 Å². The van der Waals surface area contributed by atoms with Crippen molar-refractivity contribution in [3.8, 4) is 0 Å². The maximum Gasteiger partial charge on any atom is 0.0731 e. The molecule has 1 unspecified atom stereocenters. The molecule has 0 bridgehead atoms. The lowest BCUT2D eigenvalue weighted by Crippen LogP contribution is -2.23. The Morgan fingerprint density at radius 3 is 2.84 bits per heavy atom. The predicted molar refractivity (Wildman–Crippen MR) is 84.7 cm³/mol. The van der Waals surface area contributed by atoms with Gasteiger partial charge in [0, 0.05) is 24.2 Å². The fraction of sp³-hybridized carbons (Fsp3) is 0.500. The Bertz CT molecular complexity index is 513. The molecule has 0 saturated carbocycles. The summed E-state index contributed by atoms with van der Waals surface area (Å²) in [5.41, 5.74) is 2.59. The van der Waals surface area contributed by atoms with E-state index in [0.29, 0.717) is 6.04 Å². The minimum absolute atomic E-state index is 0.374. The van der Waals surface area contributed by atoms with Gasteiger partial charge in [0.25, 0.3) is 0 Å². The van der Waals surface area contributed by atoms with E-state index in [4.69, 9.17) is 0 Å². The molecule has 1 N–H and O–H groups in total. The number of halogens is 1. The summed E-state index contributed by atoms with van der Waals surface area (Å²) in [6, 6.07) is 2.65. The van der Waals surface area contributed by atoms with Crippen LogP contribution in [0.1, 0.15) is 35.4 Å². The first-order chi connectivity index (χ1) is 9.10. The fourth-order valence-corrected chi connectivity index (χ4v) is 3.71. The zero-order chi connectivity index (χ0) is 13.8. The van der Waals surface area contributed by atoms with Gasteiger partial charge in [-0.2, -0.15) is 5.10 Å². The summed E-state index contributed by atoms with van der Waals surface area (Å²) in [4.78, 5) is 1.39. The number of nitrogens with zero attached hydrogens (tertiary/aromatic N) is 2. The maximum atomic E-state index is 4.25. The van der Waals surface area contributed by atoms with E-state index in [9.17, 15) is 0 Å². The third-order valence-electron chi connectivity index (χ3n) is 3.06. The summed E-state index contributed by atoms with van der Waals surface area (Å²) in [6.07, 6.45) is 6.18. The summed E-state index contributed by atoms with van der Waals surface area (Å²) in [5, 5.41) is 7.89. The van der Waals surface area contributed by atoms with Crippen LogP contribution >= 0.6 is 27.3 Å². The zero-order valence-electron chi connectivity index (χ0n) is 11.6. The Morgan fingerprint density at radius 2 is 2.32 bits per heavy atom. The molecule has 0 aromatic carbocycles. The second-order valence-electron chi connectivity index (χ2n) is 4.84. The number of nitrogens with one attached hydrogen (secondary N) is 1. The summed E-state index contributed by atoms with van der Waals surface area (Å²) < 4.78 is 3.10. The Balaban J connectivity index is 2.15. The van der Waals surface area contributed by atoms with E-state index in [1.165, 1.54) is 19.8 Å². The highest BCUT2D eigenvalue weighted by Gasteiger charge is 2.16. The number of hydrogen-bond donors (Lipinski definition) is 1. The van der Waals surface area contributed by atoms with Crippen molar-refractivity contribution in [1.82, 2.24) is 15.1 Å². The van der Waals surface area contributed by atoms with Crippen molar-refractivity contribution in [2.45, 2.75) is 32.7 Å². The Hall–Kier alpha value is -0.650. The van der Waals surface area contributed by atoms with Gasteiger partial charge < -0.3 is 5.32 Å². The fourth-order valence-electron chi connectivity index (χ4n) is 2.06. The van der Waals surface area contributed by atoms with Gasteiger partial charge in [-0.1, -0.05) is 6.92 Å². The molecule has 5 heteroatoms. The molecular weight excluding hydrogens is 322 g/mol.